The molecule has 0 amide bonds. The number of nitrogens with zero attached hydrogens (tertiary/aromatic N) is 4. The van der Waals surface area contributed by atoms with Gasteiger partial charge < -0.3 is 10.7 Å². The highest BCUT2D eigenvalue weighted by Crippen LogP contribution is 2.20. The summed E-state index contributed by atoms with van der Waals surface area (Å²) < 4.78 is 0. The Morgan fingerprint density at radius 1 is 1.37 bits per heavy atom. The molecule has 0 aliphatic rings. The van der Waals surface area contributed by atoms with Crippen LogP contribution < -0.4 is 16.6 Å². The van der Waals surface area contributed by atoms with Gasteiger partial charge in [-0.05, 0) is 6.07 Å². The second-order valence-electron chi connectivity index (χ2n) is 3.55. The number of anilines is 2. The van der Waals surface area contributed by atoms with Crippen molar-refractivity contribution in [2.75, 3.05) is 10.7 Å². The molecule has 0 saturated carbocycles. The van der Waals surface area contributed by atoms with Gasteiger partial charge in [-0.1, -0.05) is 0 Å². The maximum absolute atomic E-state index is 10.8. The van der Waals surface area contributed by atoms with E-state index in [2.05, 4.69) is 25.7 Å². The fraction of sp³-hybridized carbons (Fsp3) is 0.100. The molecule has 2 aromatic rings. The average molecular weight is 261 g/mol. The Morgan fingerprint density at radius 3 is 2.79 bits per heavy atom. The van der Waals surface area contributed by atoms with Gasteiger partial charge in [-0.15, -0.1) is 0 Å². The highest BCUT2D eigenvalue weighted by Gasteiger charge is 2.10. The third-order valence-electron chi connectivity index (χ3n) is 2.26. The highest BCUT2D eigenvalue weighted by atomic mass is 16.6. The molecule has 0 fully saturated rings. The Bertz CT molecular complexity index is 575. The van der Waals surface area contributed by atoms with E-state index in [0.717, 1.165) is 5.69 Å². The molecule has 2 aromatic heterocycles. The van der Waals surface area contributed by atoms with Crippen molar-refractivity contribution < 1.29 is 4.92 Å². The SMILES string of the molecule is NNc1cc([N+](=O)[O-])cc(NCc2ccncn2)n1. The molecule has 0 unspecified atom stereocenters. The smallest absolute Gasteiger partial charge is 0.276 e. The van der Waals surface area contributed by atoms with E-state index in [0.29, 0.717) is 12.4 Å². The monoisotopic (exact) mass is 261 g/mol. The summed E-state index contributed by atoms with van der Waals surface area (Å²) in [4.78, 5) is 22.1. The Balaban J connectivity index is 2.15. The zero-order valence-electron chi connectivity index (χ0n) is 9.78. The van der Waals surface area contributed by atoms with Crippen LogP contribution in [-0.2, 0) is 6.54 Å². The molecule has 2 rings (SSSR count). The lowest BCUT2D eigenvalue weighted by atomic mass is 10.3. The van der Waals surface area contributed by atoms with E-state index >= 15 is 0 Å². The summed E-state index contributed by atoms with van der Waals surface area (Å²) in [6.45, 7) is 0.376. The van der Waals surface area contributed by atoms with Gasteiger partial charge in [0.15, 0.2) is 0 Å². The molecule has 0 bridgehead atoms. The Morgan fingerprint density at radius 2 is 2.16 bits per heavy atom. The Kier molecular flexibility index (Phi) is 3.78. The Labute approximate surface area is 108 Å². The van der Waals surface area contributed by atoms with Crippen LogP contribution in [0.3, 0.4) is 0 Å². The van der Waals surface area contributed by atoms with Crippen LogP contribution in [0.2, 0.25) is 0 Å². The van der Waals surface area contributed by atoms with Crippen LogP contribution in [0.15, 0.2) is 30.7 Å². The number of pyridine rings is 1. The predicted octanol–water partition coefficient (Wildman–Crippen LogP) is 0.677. The standard InChI is InChI=1S/C10H11N7O2/c11-16-10-4-8(17(18)19)3-9(15-10)13-5-7-1-2-12-6-14-7/h1-4,6H,5,11H2,(H2,13,15,16). The predicted molar refractivity (Wildman–Crippen MR) is 68.1 cm³/mol. The second kappa shape index (κ2) is 5.69. The van der Waals surface area contributed by atoms with Crippen molar-refractivity contribution in [3.63, 3.8) is 0 Å². The summed E-state index contributed by atoms with van der Waals surface area (Å²) in [5, 5.41) is 13.7. The van der Waals surface area contributed by atoms with E-state index in [-0.39, 0.29) is 11.5 Å². The molecule has 9 heteroatoms. The van der Waals surface area contributed by atoms with Crippen LogP contribution >= 0.6 is 0 Å². The van der Waals surface area contributed by atoms with E-state index in [1.807, 2.05) is 0 Å². The minimum atomic E-state index is -0.515. The molecular weight excluding hydrogens is 250 g/mol. The molecule has 0 spiro atoms. The third kappa shape index (κ3) is 3.33. The summed E-state index contributed by atoms with van der Waals surface area (Å²) in [5.74, 6) is 5.75. The van der Waals surface area contributed by atoms with Crippen LogP contribution in [0.4, 0.5) is 17.3 Å². The molecule has 0 saturated heterocycles. The first-order valence-corrected chi connectivity index (χ1v) is 5.31. The number of rotatable bonds is 5. The number of nitrogen functional groups attached to an aromatic ring is 1. The van der Waals surface area contributed by atoms with Crippen molar-refractivity contribution in [3.05, 3.63) is 46.5 Å². The normalized spacial score (nSPS) is 9.95. The number of hydrogen-bond donors (Lipinski definition) is 3. The number of nitrogens with one attached hydrogen (secondary N) is 2. The summed E-state index contributed by atoms with van der Waals surface area (Å²) in [6, 6.07) is 4.30. The number of hydrazine groups is 1. The first kappa shape index (κ1) is 12.6. The number of nitro groups is 1. The molecule has 0 atom stereocenters. The fourth-order valence-corrected chi connectivity index (χ4v) is 1.39. The quantitative estimate of drug-likeness (QED) is 0.406. The fourth-order valence-electron chi connectivity index (χ4n) is 1.39. The zero-order chi connectivity index (χ0) is 13.7. The van der Waals surface area contributed by atoms with Crippen molar-refractivity contribution in [3.8, 4) is 0 Å². The first-order chi connectivity index (χ1) is 9.19. The van der Waals surface area contributed by atoms with Gasteiger partial charge in [-0.2, -0.15) is 0 Å². The molecule has 98 valence electrons. The molecule has 2 heterocycles. The second-order valence-corrected chi connectivity index (χ2v) is 3.55. The highest BCUT2D eigenvalue weighted by molar-refractivity contribution is 5.54. The van der Waals surface area contributed by atoms with Gasteiger partial charge in [0.1, 0.15) is 18.0 Å². The lowest BCUT2D eigenvalue weighted by molar-refractivity contribution is -0.384. The van der Waals surface area contributed by atoms with Crippen molar-refractivity contribution in [1.29, 1.82) is 0 Å². The van der Waals surface area contributed by atoms with Crippen molar-refractivity contribution in [2.45, 2.75) is 6.54 Å². The molecule has 19 heavy (non-hydrogen) atoms. The number of hydrogen-bond acceptors (Lipinski definition) is 8. The van der Waals surface area contributed by atoms with Crippen LogP contribution in [0.25, 0.3) is 0 Å². The minimum Gasteiger partial charge on any atom is -0.364 e. The molecule has 4 N–H and O–H groups in total. The zero-order valence-corrected chi connectivity index (χ0v) is 9.78. The summed E-state index contributed by atoms with van der Waals surface area (Å²) in [5.41, 5.74) is 2.92. The first-order valence-electron chi connectivity index (χ1n) is 5.31. The van der Waals surface area contributed by atoms with Crippen molar-refractivity contribution >= 4 is 17.3 Å². The van der Waals surface area contributed by atoms with Crippen LogP contribution in [-0.4, -0.2) is 19.9 Å². The van der Waals surface area contributed by atoms with Crippen LogP contribution in [0, 0.1) is 10.1 Å². The average Bonchev–Trinajstić information content (AvgIpc) is 2.45. The van der Waals surface area contributed by atoms with Gasteiger partial charge in [0, 0.05) is 6.20 Å². The van der Waals surface area contributed by atoms with E-state index in [4.69, 9.17) is 5.84 Å². The lowest BCUT2D eigenvalue weighted by Gasteiger charge is -2.06. The lowest BCUT2D eigenvalue weighted by Crippen LogP contribution is -2.11. The summed E-state index contributed by atoms with van der Waals surface area (Å²) >= 11 is 0. The van der Waals surface area contributed by atoms with Gasteiger partial charge in [0.2, 0.25) is 0 Å². The van der Waals surface area contributed by atoms with Crippen LogP contribution in [0.5, 0.6) is 0 Å². The molecule has 0 aliphatic carbocycles. The minimum absolute atomic E-state index is 0.104. The van der Waals surface area contributed by atoms with E-state index in [1.165, 1.54) is 18.5 Å². The van der Waals surface area contributed by atoms with Crippen molar-refractivity contribution in [1.82, 2.24) is 15.0 Å². The third-order valence-corrected chi connectivity index (χ3v) is 2.26. The molecule has 9 nitrogen and oxygen atoms in total. The largest absolute Gasteiger partial charge is 0.364 e. The van der Waals surface area contributed by atoms with E-state index in [9.17, 15) is 10.1 Å². The van der Waals surface area contributed by atoms with Gasteiger partial charge in [-0.25, -0.2) is 20.8 Å². The maximum Gasteiger partial charge on any atom is 0.276 e. The maximum atomic E-state index is 10.8. The molecule has 0 aromatic carbocycles. The van der Waals surface area contributed by atoms with Gasteiger partial charge in [0.25, 0.3) is 5.69 Å². The van der Waals surface area contributed by atoms with E-state index in [1.54, 1.807) is 12.3 Å². The Hall–Kier alpha value is -2.81. The summed E-state index contributed by atoms with van der Waals surface area (Å²) in [6.07, 6.45) is 3.03. The molecular formula is C10H11N7O2. The molecule has 0 aliphatic heterocycles. The van der Waals surface area contributed by atoms with Crippen LogP contribution in [0.1, 0.15) is 5.69 Å². The van der Waals surface area contributed by atoms with Crippen molar-refractivity contribution in [2.24, 2.45) is 5.84 Å². The number of nitrogens with two attached hydrogens (primary N) is 1. The van der Waals surface area contributed by atoms with E-state index < -0.39 is 4.92 Å². The summed E-state index contributed by atoms with van der Waals surface area (Å²) in [7, 11) is 0. The topological polar surface area (TPSA) is 132 Å². The van der Waals surface area contributed by atoms with Gasteiger partial charge in [-0.3, -0.25) is 10.1 Å². The number of aromatic nitrogens is 3. The molecule has 0 radical (unpaired) electrons. The van der Waals surface area contributed by atoms with Gasteiger partial charge in [0.05, 0.1) is 29.3 Å². The van der Waals surface area contributed by atoms with Gasteiger partial charge >= 0.3 is 0 Å².